The SMILES string of the molecule is CCN(c1ccc(C(C)NC)cc1Br)C(C)CN(C)C. The second kappa shape index (κ2) is 8.01. The highest BCUT2D eigenvalue weighted by molar-refractivity contribution is 9.10. The quantitative estimate of drug-likeness (QED) is 0.818. The predicted molar refractivity (Wildman–Crippen MR) is 92.7 cm³/mol. The molecular formula is C16H28BrN3. The summed E-state index contributed by atoms with van der Waals surface area (Å²) in [6.45, 7) is 8.72. The zero-order valence-corrected chi connectivity index (χ0v) is 15.2. The maximum absolute atomic E-state index is 3.74. The third-order valence-electron chi connectivity index (χ3n) is 3.72. The van der Waals surface area contributed by atoms with Crippen LogP contribution in [0.25, 0.3) is 0 Å². The molecule has 4 heteroatoms. The van der Waals surface area contributed by atoms with E-state index in [0.29, 0.717) is 12.1 Å². The molecule has 1 aromatic carbocycles. The Balaban J connectivity index is 2.98. The number of halogens is 1. The summed E-state index contributed by atoms with van der Waals surface area (Å²) < 4.78 is 1.17. The number of nitrogens with one attached hydrogen (secondary N) is 1. The van der Waals surface area contributed by atoms with Crippen LogP contribution in [-0.2, 0) is 0 Å². The maximum atomic E-state index is 3.74. The van der Waals surface area contributed by atoms with Crippen molar-refractivity contribution in [1.82, 2.24) is 10.2 Å². The molecule has 0 aliphatic heterocycles. The fraction of sp³-hybridized carbons (Fsp3) is 0.625. The van der Waals surface area contributed by atoms with Crippen molar-refractivity contribution in [3.05, 3.63) is 28.2 Å². The van der Waals surface area contributed by atoms with E-state index in [1.165, 1.54) is 15.7 Å². The summed E-state index contributed by atoms with van der Waals surface area (Å²) in [4.78, 5) is 4.68. The van der Waals surface area contributed by atoms with Gasteiger partial charge in [0.25, 0.3) is 0 Å². The zero-order chi connectivity index (χ0) is 15.3. The number of hydrogen-bond acceptors (Lipinski definition) is 3. The van der Waals surface area contributed by atoms with Crippen LogP contribution in [0, 0.1) is 0 Å². The van der Waals surface area contributed by atoms with E-state index in [1.807, 2.05) is 7.05 Å². The molecule has 0 saturated carbocycles. The topological polar surface area (TPSA) is 18.5 Å². The fourth-order valence-corrected chi connectivity index (χ4v) is 3.16. The Morgan fingerprint density at radius 2 is 1.90 bits per heavy atom. The lowest BCUT2D eigenvalue weighted by atomic mass is 10.1. The Hall–Kier alpha value is -0.580. The van der Waals surface area contributed by atoms with Crippen LogP contribution in [0.15, 0.2) is 22.7 Å². The molecule has 2 atom stereocenters. The lowest BCUT2D eigenvalue weighted by Gasteiger charge is -2.33. The summed E-state index contributed by atoms with van der Waals surface area (Å²) >= 11 is 3.74. The Bertz CT molecular complexity index is 420. The van der Waals surface area contributed by atoms with E-state index >= 15 is 0 Å². The van der Waals surface area contributed by atoms with Crippen molar-refractivity contribution in [2.75, 3.05) is 39.1 Å². The van der Waals surface area contributed by atoms with Gasteiger partial charge in [-0.1, -0.05) is 6.07 Å². The van der Waals surface area contributed by atoms with E-state index in [4.69, 9.17) is 0 Å². The van der Waals surface area contributed by atoms with Gasteiger partial charge in [0.1, 0.15) is 0 Å². The molecule has 0 spiro atoms. The number of hydrogen-bond donors (Lipinski definition) is 1. The van der Waals surface area contributed by atoms with Crippen LogP contribution in [0.2, 0.25) is 0 Å². The monoisotopic (exact) mass is 341 g/mol. The van der Waals surface area contributed by atoms with Gasteiger partial charge >= 0.3 is 0 Å². The molecule has 2 unspecified atom stereocenters. The van der Waals surface area contributed by atoms with Gasteiger partial charge < -0.3 is 15.1 Å². The maximum Gasteiger partial charge on any atom is 0.0513 e. The lowest BCUT2D eigenvalue weighted by Crippen LogP contribution is -2.40. The minimum absolute atomic E-state index is 0.370. The first kappa shape index (κ1) is 17.5. The van der Waals surface area contributed by atoms with Crippen LogP contribution in [-0.4, -0.2) is 45.2 Å². The van der Waals surface area contributed by atoms with Crippen molar-refractivity contribution < 1.29 is 0 Å². The van der Waals surface area contributed by atoms with E-state index in [-0.39, 0.29) is 0 Å². The van der Waals surface area contributed by atoms with E-state index in [9.17, 15) is 0 Å². The molecule has 0 fully saturated rings. The molecular weight excluding hydrogens is 314 g/mol. The molecule has 1 N–H and O–H groups in total. The van der Waals surface area contributed by atoms with E-state index in [2.05, 4.69) is 84.1 Å². The number of nitrogens with zero attached hydrogens (tertiary/aromatic N) is 2. The number of rotatable bonds is 7. The highest BCUT2D eigenvalue weighted by Gasteiger charge is 2.17. The summed E-state index contributed by atoms with van der Waals surface area (Å²) in [5.74, 6) is 0. The van der Waals surface area contributed by atoms with Crippen LogP contribution in [0.1, 0.15) is 32.4 Å². The molecule has 0 aliphatic carbocycles. The largest absolute Gasteiger partial charge is 0.367 e. The van der Waals surface area contributed by atoms with Gasteiger partial charge in [-0.2, -0.15) is 0 Å². The van der Waals surface area contributed by atoms with Gasteiger partial charge in [-0.15, -0.1) is 0 Å². The van der Waals surface area contributed by atoms with E-state index < -0.39 is 0 Å². The predicted octanol–water partition coefficient (Wildman–Crippen LogP) is 3.51. The van der Waals surface area contributed by atoms with Crippen LogP contribution in [0.3, 0.4) is 0 Å². The minimum Gasteiger partial charge on any atom is -0.367 e. The number of likely N-dealkylation sites (N-methyl/N-ethyl adjacent to an activating group) is 2. The van der Waals surface area contributed by atoms with Crippen molar-refractivity contribution >= 4 is 21.6 Å². The molecule has 0 saturated heterocycles. The second-order valence-electron chi connectivity index (χ2n) is 5.62. The van der Waals surface area contributed by atoms with Crippen LogP contribution in [0.5, 0.6) is 0 Å². The molecule has 0 aromatic heterocycles. The third kappa shape index (κ3) is 4.47. The van der Waals surface area contributed by atoms with Gasteiger partial charge in [0.05, 0.1) is 5.69 Å². The van der Waals surface area contributed by atoms with Gasteiger partial charge in [-0.3, -0.25) is 0 Å². The Morgan fingerprint density at radius 3 is 2.35 bits per heavy atom. The number of anilines is 1. The lowest BCUT2D eigenvalue weighted by molar-refractivity contribution is 0.373. The first-order chi connectivity index (χ1) is 9.40. The van der Waals surface area contributed by atoms with E-state index in [1.54, 1.807) is 0 Å². The first-order valence-corrected chi connectivity index (χ1v) is 8.08. The molecule has 0 radical (unpaired) electrons. The second-order valence-corrected chi connectivity index (χ2v) is 6.47. The molecule has 0 amide bonds. The van der Waals surface area contributed by atoms with Gasteiger partial charge in [-0.05, 0) is 75.5 Å². The molecule has 0 bridgehead atoms. The van der Waals surface area contributed by atoms with Gasteiger partial charge in [0.15, 0.2) is 0 Å². The molecule has 0 heterocycles. The number of benzene rings is 1. The average Bonchev–Trinajstić information content (AvgIpc) is 2.39. The standard InChI is InChI=1S/C16H28BrN3/c1-7-20(12(2)11-19(5)6)16-9-8-14(10-15(16)17)13(3)18-4/h8-10,12-13,18H,7,11H2,1-6H3. The molecule has 0 aliphatic rings. The minimum atomic E-state index is 0.370. The van der Waals surface area contributed by atoms with Crippen molar-refractivity contribution in [3.8, 4) is 0 Å². The molecule has 3 nitrogen and oxygen atoms in total. The van der Waals surface area contributed by atoms with Crippen LogP contribution in [0.4, 0.5) is 5.69 Å². The molecule has 114 valence electrons. The Kier molecular flexibility index (Phi) is 7.00. The first-order valence-electron chi connectivity index (χ1n) is 7.28. The summed E-state index contributed by atoms with van der Waals surface area (Å²) in [6, 6.07) is 7.52. The molecule has 20 heavy (non-hydrogen) atoms. The van der Waals surface area contributed by atoms with Crippen molar-refractivity contribution in [1.29, 1.82) is 0 Å². The normalized spacial score (nSPS) is 14.4. The summed E-state index contributed by atoms with van der Waals surface area (Å²) in [5.41, 5.74) is 2.58. The molecule has 1 rings (SSSR count). The highest BCUT2D eigenvalue weighted by atomic mass is 79.9. The summed E-state index contributed by atoms with van der Waals surface area (Å²) in [7, 11) is 6.23. The van der Waals surface area contributed by atoms with Gasteiger partial charge in [0.2, 0.25) is 0 Å². The van der Waals surface area contributed by atoms with Crippen LogP contribution < -0.4 is 10.2 Å². The van der Waals surface area contributed by atoms with Crippen molar-refractivity contribution in [2.45, 2.75) is 32.9 Å². The van der Waals surface area contributed by atoms with Gasteiger partial charge in [-0.25, -0.2) is 0 Å². The van der Waals surface area contributed by atoms with Crippen LogP contribution >= 0.6 is 15.9 Å². The van der Waals surface area contributed by atoms with Gasteiger partial charge in [0, 0.05) is 29.6 Å². The smallest absolute Gasteiger partial charge is 0.0513 e. The Labute approximate surface area is 132 Å². The summed E-state index contributed by atoms with van der Waals surface area (Å²) in [6.07, 6.45) is 0. The Morgan fingerprint density at radius 1 is 1.25 bits per heavy atom. The zero-order valence-electron chi connectivity index (χ0n) is 13.6. The van der Waals surface area contributed by atoms with Crippen molar-refractivity contribution in [3.63, 3.8) is 0 Å². The fourth-order valence-electron chi connectivity index (χ4n) is 2.54. The average molecular weight is 342 g/mol. The van der Waals surface area contributed by atoms with Crippen molar-refractivity contribution in [2.24, 2.45) is 0 Å². The van der Waals surface area contributed by atoms with E-state index in [0.717, 1.165) is 13.1 Å². The third-order valence-corrected chi connectivity index (χ3v) is 4.35. The molecule has 1 aromatic rings. The highest BCUT2D eigenvalue weighted by Crippen LogP contribution is 2.30. The summed E-state index contributed by atoms with van der Waals surface area (Å²) in [5, 5.41) is 3.28.